The minimum Gasteiger partial charge on any atom is -0.496 e. The zero-order chi connectivity index (χ0) is 19.1. The van der Waals surface area contributed by atoms with Crippen LogP contribution in [-0.2, 0) is 6.42 Å². The third-order valence-corrected chi connectivity index (χ3v) is 3.99. The zero-order valence-corrected chi connectivity index (χ0v) is 15.8. The molecule has 0 radical (unpaired) electrons. The number of anilines is 1. The van der Waals surface area contributed by atoms with Crippen molar-refractivity contribution in [3.05, 3.63) is 76.7 Å². The lowest BCUT2D eigenvalue weighted by Gasteiger charge is -2.14. The van der Waals surface area contributed by atoms with E-state index in [2.05, 4.69) is 4.98 Å². The molecule has 3 aromatic rings. The van der Waals surface area contributed by atoms with Gasteiger partial charge < -0.3 is 10.5 Å². The molecule has 0 amide bonds. The highest BCUT2D eigenvalue weighted by Gasteiger charge is 2.16. The Morgan fingerprint density at radius 3 is 2.50 bits per heavy atom. The SMILES string of the molecule is CC.COc1ccc(Cc2ccc(N)nc2)c(F)c1-c1cccc(Cl)c1. The van der Waals surface area contributed by atoms with Gasteiger partial charge in [0.2, 0.25) is 0 Å². The van der Waals surface area contributed by atoms with Crippen molar-refractivity contribution in [1.82, 2.24) is 4.98 Å². The van der Waals surface area contributed by atoms with E-state index in [1.165, 1.54) is 7.11 Å². The predicted octanol–water partition coefficient (Wildman–Crippen LogP) is 5.75. The van der Waals surface area contributed by atoms with E-state index in [1.54, 1.807) is 48.7 Å². The lowest BCUT2D eigenvalue weighted by molar-refractivity contribution is 0.413. The molecule has 1 heterocycles. The fourth-order valence-electron chi connectivity index (χ4n) is 2.58. The van der Waals surface area contributed by atoms with Gasteiger partial charge in [-0.25, -0.2) is 9.37 Å². The number of hydrogen-bond acceptors (Lipinski definition) is 3. The number of nitrogens with zero attached hydrogens (tertiary/aromatic N) is 1. The fraction of sp³-hybridized carbons (Fsp3) is 0.190. The lowest BCUT2D eigenvalue weighted by atomic mass is 9.97. The van der Waals surface area contributed by atoms with Gasteiger partial charge in [0.15, 0.2) is 0 Å². The second-order valence-electron chi connectivity index (χ2n) is 5.39. The first-order valence-corrected chi connectivity index (χ1v) is 8.78. The molecule has 0 aliphatic heterocycles. The van der Waals surface area contributed by atoms with Crippen LogP contribution in [0.4, 0.5) is 10.2 Å². The summed E-state index contributed by atoms with van der Waals surface area (Å²) in [5.41, 5.74) is 8.10. The minimum absolute atomic E-state index is 0.326. The summed E-state index contributed by atoms with van der Waals surface area (Å²) in [7, 11) is 1.52. The summed E-state index contributed by atoms with van der Waals surface area (Å²) in [6.07, 6.45) is 2.06. The first kappa shape index (κ1) is 19.7. The number of pyridine rings is 1. The molecule has 5 heteroatoms. The number of nitrogen functional groups attached to an aromatic ring is 1. The third-order valence-electron chi connectivity index (χ3n) is 3.76. The van der Waals surface area contributed by atoms with E-state index in [-0.39, 0.29) is 5.82 Å². The van der Waals surface area contributed by atoms with E-state index >= 15 is 4.39 Å². The molecule has 0 saturated carbocycles. The molecule has 26 heavy (non-hydrogen) atoms. The number of methoxy groups -OCH3 is 1. The van der Waals surface area contributed by atoms with Gasteiger partial charge in [0.25, 0.3) is 0 Å². The maximum absolute atomic E-state index is 15.1. The highest BCUT2D eigenvalue weighted by Crippen LogP contribution is 2.36. The molecule has 0 spiro atoms. The molecule has 0 bridgehead atoms. The zero-order valence-electron chi connectivity index (χ0n) is 15.1. The van der Waals surface area contributed by atoms with Crippen LogP contribution in [0, 0.1) is 5.82 Å². The van der Waals surface area contributed by atoms with Gasteiger partial charge in [-0.3, -0.25) is 0 Å². The molecule has 3 rings (SSSR count). The first-order chi connectivity index (χ1) is 12.6. The van der Waals surface area contributed by atoms with E-state index in [4.69, 9.17) is 22.1 Å². The lowest BCUT2D eigenvalue weighted by Crippen LogP contribution is -1.99. The number of halogens is 2. The van der Waals surface area contributed by atoms with Crippen LogP contribution in [0.1, 0.15) is 25.0 Å². The monoisotopic (exact) mass is 372 g/mol. The Hall–Kier alpha value is -2.59. The second kappa shape index (κ2) is 9.20. The van der Waals surface area contributed by atoms with Crippen molar-refractivity contribution in [3.63, 3.8) is 0 Å². The van der Waals surface area contributed by atoms with Crippen molar-refractivity contribution < 1.29 is 9.13 Å². The van der Waals surface area contributed by atoms with Crippen molar-refractivity contribution in [2.75, 3.05) is 12.8 Å². The van der Waals surface area contributed by atoms with Crippen LogP contribution in [0.5, 0.6) is 5.75 Å². The largest absolute Gasteiger partial charge is 0.496 e. The van der Waals surface area contributed by atoms with Crippen molar-refractivity contribution in [2.24, 2.45) is 0 Å². The van der Waals surface area contributed by atoms with Gasteiger partial charge >= 0.3 is 0 Å². The molecule has 0 atom stereocenters. The van der Waals surface area contributed by atoms with Crippen molar-refractivity contribution in [3.8, 4) is 16.9 Å². The molecular formula is C21H22ClFN2O. The van der Waals surface area contributed by atoms with Gasteiger partial charge in [-0.05, 0) is 41.0 Å². The summed E-state index contributed by atoms with van der Waals surface area (Å²) in [6, 6.07) is 14.1. The maximum Gasteiger partial charge on any atom is 0.138 e. The highest BCUT2D eigenvalue weighted by molar-refractivity contribution is 6.30. The molecule has 0 fully saturated rings. The molecule has 3 nitrogen and oxygen atoms in total. The number of nitrogens with two attached hydrogens (primary N) is 1. The minimum atomic E-state index is -0.326. The normalized spacial score (nSPS) is 10.0. The Labute approximate surface area is 158 Å². The summed E-state index contributed by atoms with van der Waals surface area (Å²) < 4.78 is 20.5. The smallest absolute Gasteiger partial charge is 0.138 e. The Kier molecular flexibility index (Phi) is 6.98. The van der Waals surface area contributed by atoms with Gasteiger partial charge in [-0.15, -0.1) is 0 Å². The number of benzene rings is 2. The van der Waals surface area contributed by atoms with Gasteiger partial charge in [0.1, 0.15) is 17.4 Å². The quantitative estimate of drug-likeness (QED) is 0.634. The Morgan fingerprint density at radius 1 is 1.12 bits per heavy atom. The Morgan fingerprint density at radius 2 is 1.88 bits per heavy atom. The average molecular weight is 373 g/mol. The molecule has 0 aliphatic carbocycles. The van der Waals surface area contributed by atoms with Crippen LogP contribution in [-0.4, -0.2) is 12.1 Å². The predicted molar refractivity (Wildman–Crippen MR) is 106 cm³/mol. The van der Waals surface area contributed by atoms with Crippen molar-refractivity contribution >= 4 is 17.4 Å². The number of ether oxygens (including phenoxy) is 1. The third kappa shape index (κ3) is 4.52. The van der Waals surface area contributed by atoms with Gasteiger partial charge in [0, 0.05) is 17.6 Å². The van der Waals surface area contributed by atoms with Crippen LogP contribution in [0.15, 0.2) is 54.7 Å². The molecule has 136 valence electrons. The topological polar surface area (TPSA) is 48.1 Å². The number of rotatable bonds is 4. The maximum atomic E-state index is 15.1. The van der Waals surface area contributed by atoms with Gasteiger partial charge in [0.05, 0.1) is 12.7 Å². The van der Waals surface area contributed by atoms with E-state index in [1.807, 2.05) is 19.9 Å². The van der Waals surface area contributed by atoms with Crippen LogP contribution >= 0.6 is 11.6 Å². The van der Waals surface area contributed by atoms with Crippen molar-refractivity contribution in [1.29, 1.82) is 0 Å². The summed E-state index contributed by atoms with van der Waals surface area (Å²) in [5.74, 6) is 0.580. The van der Waals surface area contributed by atoms with Gasteiger partial charge in [-0.1, -0.05) is 49.7 Å². The molecule has 2 aromatic carbocycles. The van der Waals surface area contributed by atoms with Crippen LogP contribution in [0.3, 0.4) is 0 Å². The molecule has 0 unspecified atom stereocenters. The molecule has 0 aliphatic rings. The Balaban J connectivity index is 0.00000117. The van der Waals surface area contributed by atoms with E-state index < -0.39 is 0 Å². The fourth-order valence-corrected chi connectivity index (χ4v) is 2.77. The first-order valence-electron chi connectivity index (χ1n) is 8.40. The molecule has 2 N–H and O–H groups in total. The number of hydrogen-bond donors (Lipinski definition) is 1. The summed E-state index contributed by atoms with van der Waals surface area (Å²) in [5, 5.41) is 0.544. The van der Waals surface area contributed by atoms with E-state index in [0.29, 0.717) is 39.7 Å². The number of aromatic nitrogens is 1. The van der Waals surface area contributed by atoms with Crippen LogP contribution < -0.4 is 10.5 Å². The summed E-state index contributed by atoms with van der Waals surface area (Å²) in [4.78, 5) is 4.04. The average Bonchev–Trinajstić information content (AvgIpc) is 2.66. The van der Waals surface area contributed by atoms with Crippen LogP contribution in [0.2, 0.25) is 5.02 Å². The summed E-state index contributed by atoms with van der Waals surface area (Å²) >= 11 is 6.04. The molecule has 0 saturated heterocycles. The van der Waals surface area contributed by atoms with E-state index in [0.717, 1.165) is 5.56 Å². The Bertz CT molecular complexity index is 866. The second-order valence-corrected chi connectivity index (χ2v) is 5.83. The molecule has 1 aromatic heterocycles. The van der Waals surface area contributed by atoms with Gasteiger partial charge in [-0.2, -0.15) is 0 Å². The van der Waals surface area contributed by atoms with Crippen molar-refractivity contribution in [2.45, 2.75) is 20.3 Å². The standard InChI is InChI=1S/C19H16ClFN2O.C2H6/c1-24-16-7-6-14(9-12-5-8-17(22)23-11-12)19(21)18(16)13-3-2-4-15(20)10-13;1-2/h2-8,10-11H,9H2,1H3,(H2,22,23);1-2H3. The molecular weight excluding hydrogens is 351 g/mol. The highest BCUT2D eigenvalue weighted by atomic mass is 35.5. The summed E-state index contributed by atoms with van der Waals surface area (Å²) in [6.45, 7) is 4.00. The van der Waals surface area contributed by atoms with Crippen LogP contribution in [0.25, 0.3) is 11.1 Å². The van der Waals surface area contributed by atoms with E-state index in [9.17, 15) is 0 Å².